The summed E-state index contributed by atoms with van der Waals surface area (Å²) in [6.07, 6.45) is 1.46. The molecule has 1 aliphatic heterocycles. The fourth-order valence-electron chi connectivity index (χ4n) is 3.62. The Bertz CT molecular complexity index is 973. The Morgan fingerprint density at radius 3 is 2.62 bits per heavy atom. The molecule has 0 radical (unpaired) electrons. The lowest BCUT2D eigenvalue weighted by atomic mass is 10.1. The predicted octanol–water partition coefficient (Wildman–Crippen LogP) is 2.43. The monoisotopic (exact) mass is 374 g/mol. The largest absolute Gasteiger partial charge is 0.312 e. The molecule has 2 aromatic carbocycles. The van der Waals surface area contributed by atoms with Crippen molar-refractivity contribution in [3.63, 3.8) is 0 Å². The molecule has 1 heterocycles. The van der Waals surface area contributed by atoms with E-state index in [9.17, 15) is 17.6 Å². The summed E-state index contributed by atoms with van der Waals surface area (Å²) in [6, 6.07) is 11.2. The molecule has 0 aromatic heterocycles. The van der Waals surface area contributed by atoms with Gasteiger partial charge in [0, 0.05) is 18.2 Å². The van der Waals surface area contributed by atoms with Crippen LogP contribution in [0.4, 0.5) is 10.1 Å². The number of rotatable bonds is 4. The summed E-state index contributed by atoms with van der Waals surface area (Å²) >= 11 is 0. The van der Waals surface area contributed by atoms with Crippen LogP contribution in [0, 0.1) is 11.7 Å². The van der Waals surface area contributed by atoms with Gasteiger partial charge in [-0.2, -0.15) is 0 Å². The van der Waals surface area contributed by atoms with Crippen LogP contribution in [0.15, 0.2) is 47.4 Å². The van der Waals surface area contributed by atoms with E-state index in [0.717, 1.165) is 24.0 Å². The Hall–Kier alpha value is -2.25. The summed E-state index contributed by atoms with van der Waals surface area (Å²) in [7, 11) is -2.19. The molecular formula is C19H19FN2O3S. The van der Waals surface area contributed by atoms with Crippen LogP contribution in [0.25, 0.3) is 0 Å². The van der Waals surface area contributed by atoms with E-state index >= 15 is 0 Å². The number of anilines is 1. The van der Waals surface area contributed by atoms with Gasteiger partial charge in [-0.25, -0.2) is 17.5 Å². The average Bonchev–Trinajstić information content (AvgIpc) is 3.33. The van der Waals surface area contributed by atoms with Crippen LogP contribution in [0.5, 0.6) is 0 Å². The zero-order valence-corrected chi connectivity index (χ0v) is 15.1. The normalized spacial score (nSPS) is 21.5. The molecule has 1 saturated carbocycles. The topological polar surface area (TPSA) is 66.5 Å². The summed E-state index contributed by atoms with van der Waals surface area (Å²) in [5.74, 6) is -0.298. The van der Waals surface area contributed by atoms with Crippen molar-refractivity contribution in [2.45, 2.75) is 23.7 Å². The van der Waals surface area contributed by atoms with Crippen molar-refractivity contribution in [1.82, 2.24) is 4.72 Å². The van der Waals surface area contributed by atoms with E-state index in [1.54, 1.807) is 35.2 Å². The third-order valence-electron chi connectivity index (χ3n) is 5.20. The maximum atomic E-state index is 13.1. The van der Waals surface area contributed by atoms with Crippen LogP contribution in [-0.2, 0) is 21.2 Å². The molecule has 5 nitrogen and oxygen atoms in total. The van der Waals surface area contributed by atoms with Crippen LogP contribution in [0.3, 0.4) is 0 Å². The third kappa shape index (κ3) is 2.91. The molecule has 2 aromatic rings. The number of sulfonamides is 1. The number of hydrogen-bond donors (Lipinski definition) is 1. The zero-order chi connectivity index (χ0) is 18.5. The van der Waals surface area contributed by atoms with Gasteiger partial charge in [0.1, 0.15) is 5.82 Å². The number of nitrogens with one attached hydrogen (secondary N) is 1. The smallest absolute Gasteiger partial charge is 0.240 e. The van der Waals surface area contributed by atoms with E-state index in [0.29, 0.717) is 12.2 Å². The molecule has 1 aliphatic carbocycles. The van der Waals surface area contributed by atoms with E-state index in [1.807, 2.05) is 0 Å². The van der Waals surface area contributed by atoms with Gasteiger partial charge in [0.05, 0.1) is 4.90 Å². The minimum Gasteiger partial charge on any atom is -0.312 e. The molecule has 1 fully saturated rings. The Morgan fingerprint density at radius 1 is 1.19 bits per heavy atom. The van der Waals surface area contributed by atoms with Crippen LogP contribution in [0.1, 0.15) is 23.5 Å². The maximum absolute atomic E-state index is 13.1. The molecule has 0 spiro atoms. The van der Waals surface area contributed by atoms with Crippen molar-refractivity contribution < 1.29 is 17.6 Å². The lowest BCUT2D eigenvalue weighted by Crippen LogP contribution is -2.31. The predicted molar refractivity (Wildman–Crippen MR) is 96.0 cm³/mol. The summed E-state index contributed by atoms with van der Waals surface area (Å²) in [6.45, 7) is 0.559. The van der Waals surface area contributed by atoms with Crippen LogP contribution in [-0.4, -0.2) is 27.9 Å². The first-order valence-electron chi connectivity index (χ1n) is 8.54. The fourth-order valence-corrected chi connectivity index (χ4v) is 4.37. The lowest BCUT2D eigenvalue weighted by Gasteiger charge is -2.18. The first kappa shape index (κ1) is 17.2. The van der Waals surface area contributed by atoms with Gasteiger partial charge < -0.3 is 4.90 Å². The molecule has 1 amide bonds. The Kier molecular flexibility index (Phi) is 4.08. The van der Waals surface area contributed by atoms with Crippen molar-refractivity contribution >= 4 is 21.6 Å². The van der Waals surface area contributed by atoms with Gasteiger partial charge in [0.15, 0.2) is 0 Å². The first-order chi connectivity index (χ1) is 12.4. The SMILES string of the molecule is CNS(=O)(=O)c1ccc2c(c1)N(C(=O)[C@@H]1C[C@@H]1c1ccc(F)cc1)CC2. The minimum absolute atomic E-state index is 0.0112. The standard InChI is InChI=1S/C19H19FN2O3S/c1-21-26(24,25)15-7-4-13-8-9-22(18(13)10-15)19(23)17-11-16(17)12-2-5-14(20)6-3-12/h2-7,10,16-17,21H,8-9,11H2,1H3/t16-,17-/m1/s1. The van der Waals surface area contributed by atoms with Crippen molar-refractivity contribution in [3.05, 3.63) is 59.4 Å². The highest BCUT2D eigenvalue weighted by Gasteiger charge is 2.47. The van der Waals surface area contributed by atoms with Crippen LogP contribution >= 0.6 is 0 Å². The van der Waals surface area contributed by atoms with Gasteiger partial charge in [-0.15, -0.1) is 0 Å². The third-order valence-corrected chi connectivity index (χ3v) is 6.62. The highest BCUT2D eigenvalue weighted by Crippen LogP contribution is 2.49. The summed E-state index contributed by atoms with van der Waals surface area (Å²) in [5.41, 5.74) is 2.62. The van der Waals surface area contributed by atoms with E-state index in [-0.39, 0.29) is 28.5 Å². The van der Waals surface area contributed by atoms with Gasteiger partial charge in [-0.3, -0.25) is 4.79 Å². The van der Waals surface area contributed by atoms with Crippen LogP contribution < -0.4 is 9.62 Å². The average molecular weight is 374 g/mol. The summed E-state index contributed by atoms with van der Waals surface area (Å²) < 4.78 is 39.5. The van der Waals surface area contributed by atoms with Gasteiger partial charge in [-0.05, 0) is 61.2 Å². The Morgan fingerprint density at radius 2 is 1.92 bits per heavy atom. The van der Waals surface area contributed by atoms with Crippen molar-refractivity contribution in [1.29, 1.82) is 0 Å². The number of fused-ring (bicyclic) bond motifs is 1. The maximum Gasteiger partial charge on any atom is 0.240 e. The second-order valence-corrected chi connectivity index (χ2v) is 8.62. The minimum atomic E-state index is -3.55. The molecule has 0 saturated heterocycles. The molecule has 4 rings (SSSR count). The van der Waals surface area contributed by atoms with Gasteiger partial charge in [0.25, 0.3) is 0 Å². The van der Waals surface area contributed by atoms with E-state index in [2.05, 4.69) is 4.72 Å². The van der Waals surface area contributed by atoms with Crippen molar-refractivity contribution in [2.75, 3.05) is 18.5 Å². The first-order valence-corrected chi connectivity index (χ1v) is 10.0. The highest BCUT2D eigenvalue weighted by molar-refractivity contribution is 7.89. The number of nitrogens with zero attached hydrogens (tertiary/aromatic N) is 1. The summed E-state index contributed by atoms with van der Waals surface area (Å²) in [5, 5.41) is 0. The van der Waals surface area contributed by atoms with Gasteiger partial charge >= 0.3 is 0 Å². The van der Waals surface area contributed by atoms with Crippen LogP contribution in [0.2, 0.25) is 0 Å². The molecular weight excluding hydrogens is 355 g/mol. The number of hydrogen-bond acceptors (Lipinski definition) is 3. The second kappa shape index (κ2) is 6.17. The molecule has 0 unspecified atom stereocenters. The summed E-state index contributed by atoms with van der Waals surface area (Å²) in [4.78, 5) is 14.8. The Balaban J connectivity index is 1.57. The van der Waals surface area contributed by atoms with Crippen molar-refractivity contribution in [3.8, 4) is 0 Å². The quantitative estimate of drug-likeness (QED) is 0.894. The van der Waals surface area contributed by atoms with Gasteiger partial charge in [0.2, 0.25) is 15.9 Å². The lowest BCUT2D eigenvalue weighted by molar-refractivity contribution is -0.119. The number of carbonyl (C=O) groups excluding carboxylic acids is 1. The number of benzene rings is 2. The highest BCUT2D eigenvalue weighted by atomic mass is 32.2. The van der Waals surface area contributed by atoms with Crippen molar-refractivity contribution in [2.24, 2.45) is 5.92 Å². The number of carbonyl (C=O) groups is 1. The molecule has 136 valence electrons. The second-order valence-electron chi connectivity index (χ2n) is 6.74. The zero-order valence-electron chi connectivity index (χ0n) is 14.3. The van der Waals surface area contributed by atoms with E-state index in [1.165, 1.54) is 19.2 Å². The van der Waals surface area contributed by atoms with E-state index < -0.39 is 10.0 Å². The van der Waals surface area contributed by atoms with E-state index in [4.69, 9.17) is 0 Å². The Labute approximate surface area is 151 Å². The molecule has 2 atom stereocenters. The fraction of sp³-hybridized carbons (Fsp3) is 0.316. The number of amides is 1. The molecule has 7 heteroatoms. The number of halogens is 1. The molecule has 0 bridgehead atoms. The van der Waals surface area contributed by atoms with Gasteiger partial charge in [-0.1, -0.05) is 18.2 Å². The molecule has 2 aliphatic rings. The molecule has 26 heavy (non-hydrogen) atoms. The molecule has 1 N–H and O–H groups in total.